The van der Waals surface area contributed by atoms with Gasteiger partial charge in [-0.05, 0) is 31.0 Å². The number of hydrogen-bond donors (Lipinski definition) is 1. The standard InChI is InChI=1S/C17H19BrN2O3/c18-14-4-1-5-15-13(14)6-9-19(15)10-7-16(21)20-8-2-3-12(11-20)17(22)23/h1,4-6,9,12H,2-3,7-8,10-11H2,(H,22,23). The van der Waals surface area contributed by atoms with Crippen LogP contribution in [0.4, 0.5) is 0 Å². The number of likely N-dealkylation sites (tertiary alicyclic amines) is 1. The summed E-state index contributed by atoms with van der Waals surface area (Å²) in [5.74, 6) is -1.19. The molecule has 6 heteroatoms. The fourth-order valence-corrected chi connectivity index (χ4v) is 3.65. The first-order chi connectivity index (χ1) is 11.1. The summed E-state index contributed by atoms with van der Waals surface area (Å²) in [7, 11) is 0. The Hall–Kier alpha value is -1.82. The van der Waals surface area contributed by atoms with Crippen molar-refractivity contribution in [1.82, 2.24) is 9.47 Å². The van der Waals surface area contributed by atoms with Gasteiger partial charge in [0.05, 0.1) is 5.92 Å². The first-order valence-corrected chi connectivity index (χ1v) is 8.59. The Morgan fingerprint density at radius 2 is 2.13 bits per heavy atom. The number of fused-ring (bicyclic) bond motifs is 1. The lowest BCUT2D eigenvalue weighted by atomic mass is 9.98. The second kappa shape index (κ2) is 6.74. The minimum Gasteiger partial charge on any atom is -0.481 e. The molecule has 1 saturated heterocycles. The molecular formula is C17H19BrN2O3. The Labute approximate surface area is 143 Å². The second-order valence-electron chi connectivity index (χ2n) is 5.95. The molecule has 122 valence electrons. The lowest BCUT2D eigenvalue weighted by Crippen LogP contribution is -2.42. The predicted molar refractivity (Wildman–Crippen MR) is 91.2 cm³/mol. The number of aliphatic carboxylic acids is 1. The summed E-state index contributed by atoms with van der Waals surface area (Å²) in [5, 5.41) is 10.2. The average molecular weight is 379 g/mol. The summed E-state index contributed by atoms with van der Waals surface area (Å²) >= 11 is 3.53. The highest BCUT2D eigenvalue weighted by atomic mass is 79.9. The summed E-state index contributed by atoms with van der Waals surface area (Å²) in [4.78, 5) is 25.2. The van der Waals surface area contributed by atoms with E-state index in [9.17, 15) is 9.59 Å². The monoisotopic (exact) mass is 378 g/mol. The molecule has 1 unspecified atom stereocenters. The molecule has 1 aromatic heterocycles. The van der Waals surface area contributed by atoms with Gasteiger partial charge in [0.15, 0.2) is 0 Å². The molecule has 0 spiro atoms. The number of carboxylic acid groups (broad SMARTS) is 1. The zero-order valence-corrected chi connectivity index (χ0v) is 14.3. The molecule has 1 amide bonds. The van der Waals surface area contributed by atoms with Gasteiger partial charge in [-0.3, -0.25) is 9.59 Å². The number of piperidine rings is 1. The number of hydrogen-bond acceptors (Lipinski definition) is 2. The molecule has 1 aromatic carbocycles. The number of nitrogens with zero attached hydrogens (tertiary/aromatic N) is 2. The molecule has 2 heterocycles. The van der Waals surface area contributed by atoms with E-state index in [1.165, 1.54) is 0 Å². The SMILES string of the molecule is O=C(O)C1CCCN(C(=O)CCn2ccc3c(Br)cccc32)C1. The van der Waals surface area contributed by atoms with Crippen molar-refractivity contribution in [2.75, 3.05) is 13.1 Å². The molecule has 1 aliphatic heterocycles. The van der Waals surface area contributed by atoms with Gasteiger partial charge in [0, 0.05) is 47.6 Å². The molecule has 0 bridgehead atoms. The molecule has 3 rings (SSSR count). The zero-order chi connectivity index (χ0) is 16.4. The Morgan fingerprint density at radius 1 is 1.30 bits per heavy atom. The molecule has 2 aromatic rings. The number of carbonyl (C=O) groups excluding carboxylic acids is 1. The molecule has 0 saturated carbocycles. The van der Waals surface area contributed by atoms with Crippen LogP contribution in [0.1, 0.15) is 19.3 Å². The third-order valence-electron chi connectivity index (χ3n) is 4.45. The number of halogens is 1. The van der Waals surface area contributed by atoms with Crippen LogP contribution in [0.2, 0.25) is 0 Å². The Balaban J connectivity index is 1.64. The number of rotatable bonds is 4. The maximum Gasteiger partial charge on any atom is 0.308 e. The van der Waals surface area contributed by atoms with Crippen molar-refractivity contribution in [3.05, 3.63) is 34.9 Å². The molecule has 1 fully saturated rings. The topological polar surface area (TPSA) is 62.5 Å². The smallest absolute Gasteiger partial charge is 0.308 e. The van der Waals surface area contributed by atoms with Gasteiger partial charge >= 0.3 is 5.97 Å². The highest BCUT2D eigenvalue weighted by Crippen LogP contribution is 2.25. The van der Waals surface area contributed by atoms with E-state index >= 15 is 0 Å². The fourth-order valence-electron chi connectivity index (χ4n) is 3.16. The van der Waals surface area contributed by atoms with E-state index in [1.54, 1.807) is 4.90 Å². The lowest BCUT2D eigenvalue weighted by Gasteiger charge is -2.30. The van der Waals surface area contributed by atoms with Crippen molar-refractivity contribution >= 4 is 38.7 Å². The molecule has 5 nitrogen and oxygen atoms in total. The van der Waals surface area contributed by atoms with E-state index in [1.807, 2.05) is 30.5 Å². The van der Waals surface area contributed by atoms with E-state index in [2.05, 4.69) is 20.5 Å². The van der Waals surface area contributed by atoms with E-state index < -0.39 is 11.9 Å². The molecule has 1 N–H and O–H groups in total. The Kier molecular flexibility index (Phi) is 4.71. The maximum absolute atomic E-state index is 12.4. The van der Waals surface area contributed by atoms with Crippen LogP contribution < -0.4 is 0 Å². The summed E-state index contributed by atoms with van der Waals surface area (Å²) in [6.07, 6.45) is 3.80. The third kappa shape index (κ3) is 3.42. The lowest BCUT2D eigenvalue weighted by molar-refractivity contribution is -0.145. The first kappa shape index (κ1) is 16.1. The summed E-state index contributed by atoms with van der Waals surface area (Å²) < 4.78 is 3.11. The minimum atomic E-state index is -0.802. The summed E-state index contributed by atoms with van der Waals surface area (Å²) in [5.41, 5.74) is 1.09. The van der Waals surface area contributed by atoms with Gasteiger partial charge in [-0.2, -0.15) is 0 Å². The summed E-state index contributed by atoms with van der Waals surface area (Å²) in [6.45, 7) is 1.61. The molecule has 23 heavy (non-hydrogen) atoms. The number of amides is 1. The number of benzene rings is 1. The van der Waals surface area contributed by atoms with Crippen LogP contribution in [0.25, 0.3) is 10.9 Å². The molecule has 1 aliphatic rings. The minimum absolute atomic E-state index is 0.0350. The van der Waals surface area contributed by atoms with Crippen LogP contribution in [0.5, 0.6) is 0 Å². The van der Waals surface area contributed by atoms with Crippen molar-refractivity contribution in [2.45, 2.75) is 25.8 Å². The zero-order valence-electron chi connectivity index (χ0n) is 12.7. The van der Waals surface area contributed by atoms with E-state index in [0.717, 1.165) is 21.8 Å². The van der Waals surface area contributed by atoms with Gasteiger partial charge in [-0.15, -0.1) is 0 Å². The van der Waals surface area contributed by atoms with Crippen LogP contribution in [0.15, 0.2) is 34.9 Å². The van der Waals surface area contributed by atoms with Gasteiger partial charge in [0.2, 0.25) is 5.91 Å². The normalized spacial score (nSPS) is 18.3. The average Bonchev–Trinajstić information content (AvgIpc) is 2.97. The van der Waals surface area contributed by atoms with Gasteiger partial charge < -0.3 is 14.6 Å². The molecular weight excluding hydrogens is 360 g/mol. The second-order valence-corrected chi connectivity index (χ2v) is 6.80. The van der Waals surface area contributed by atoms with Crippen molar-refractivity contribution < 1.29 is 14.7 Å². The third-order valence-corrected chi connectivity index (χ3v) is 5.14. The molecule has 1 atom stereocenters. The highest BCUT2D eigenvalue weighted by Gasteiger charge is 2.27. The van der Waals surface area contributed by atoms with E-state index in [0.29, 0.717) is 32.5 Å². The van der Waals surface area contributed by atoms with Gasteiger partial charge in [-0.25, -0.2) is 0 Å². The summed E-state index contributed by atoms with van der Waals surface area (Å²) in [6, 6.07) is 8.04. The Morgan fingerprint density at radius 3 is 2.91 bits per heavy atom. The highest BCUT2D eigenvalue weighted by molar-refractivity contribution is 9.10. The first-order valence-electron chi connectivity index (χ1n) is 7.80. The van der Waals surface area contributed by atoms with E-state index in [4.69, 9.17) is 5.11 Å². The quantitative estimate of drug-likeness (QED) is 0.888. The largest absolute Gasteiger partial charge is 0.481 e. The number of aromatic nitrogens is 1. The molecule has 0 aliphatic carbocycles. The van der Waals surface area contributed by atoms with Crippen molar-refractivity contribution in [2.24, 2.45) is 5.92 Å². The molecule has 0 radical (unpaired) electrons. The van der Waals surface area contributed by atoms with Crippen LogP contribution in [-0.2, 0) is 16.1 Å². The number of aryl methyl sites for hydroxylation is 1. The van der Waals surface area contributed by atoms with Crippen LogP contribution in [0, 0.1) is 5.92 Å². The maximum atomic E-state index is 12.4. The number of carbonyl (C=O) groups is 2. The predicted octanol–water partition coefficient (Wildman–Crippen LogP) is 3.12. The fraction of sp³-hybridized carbons (Fsp3) is 0.412. The van der Waals surface area contributed by atoms with Crippen LogP contribution in [-0.4, -0.2) is 39.5 Å². The van der Waals surface area contributed by atoms with Crippen molar-refractivity contribution in [1.29, 1.82) is 0 Å². The van der Waals surface area contributed by atoms with E-state index in [-0.39, 0.29) is 5.91 Å². The van der Waals surface area contributed by atoms with Crippen LogP contribution >= 0.6 is 15.9 Å². The van der Waals surface area contributed by atoms with Gasteiger partial charge in [0.1, 0.15) is 0 Å². The Bertz CT molecular complexity index is 741. The van der Waals surface area contributed by atoms with Crippen molar-refractivity contribution in [3.63, 3.8) is 0 Å². The number of carboxylic acids is 1. The van der Waals surface area contributed by atoms with Gasteiger partial charge in [-0.1, -0.05) is 22.0 Å². The van der Waals surface area contributed by atoms with Gasteiger partial charge in [0.25, 0.3) is 0 Å². The van der Waals surface area contributed by atoms with Crippen molar-refractivity contribution in [3.8, 4) is 0 Å². The van der Waals surface area contributed by atoms with Crippen LogP contribution in [0.3, 0.4) is 0 Å².